The topological polar surface area (TPSA) is 67.3 Å². The second-order valence-corrected chi connectivity index (χ2v) is 4.47. The first kappa shape index (κ1) is 10.8. The minimum Gasteiger partial charge on any atom is -0.389 e. The van der Waals surface area contributed by atoms with E-state index in [1.807, 2.05) is 0 Å². The zero-order valence-electron chi connectivity index (χ0n) is 8.64. The summed E-state index contributed by atoms with van der Waals surface area (Å²) in [5.41, 5.74) is 0. The molecule has 2 rings (SSSR count). The van der Waals surface area contributed by atoms with Crippen molar-refractivity contribution in [2.24, 2.45) is 0 Å². The van der Waals surface area contributed by atoms with Crippen molar-refractivity contribution < 1.29 is 9.84 Å². The van der Waals surface area contributed by atoms with Crippen LogP contribution in [0.5, 0.6) is 0 Å². The number of aliphatic hydroxyl groups is 1. The fourth-order valence-corrected chi connectivity index (χ4v) is 1.92. The summed E-state index contributed by atoms with van der Waals surface area (Å²) in [5, 5.41) is 13.2. The third kappa shape index (κ3) is 3.12. The largest absolute Gasteiger partial charge is 0.389 e. The minimum atomic E-state index is -0.497. The molecule has 0 spiro atoms. The number of methoxy groups -OCH3 is 1. The summed E-state index contributed by atoms with van der Waals surface area (Å²) in [6, 6.07) is 0. The van der Waals surface area contributed by atoms with Crippen molar-refractivity contribution in [3.8, 4) is 0 Å². The number of ether oxygens (including phenoxy) is 1. The van der Waals surface area contributed by atoms with E-state index in [1.165, 1.54) is 24.4 Å². The van der Waals surface area contributed by atoms with E-state index in [1.54, 1.807) is 7.11 Å². The Kier molecular flexibility index (Phi) is 3.50. The Morgan fingerprint density at radius 2 is 2.47 bits per heavy atom. The van der Waals surface area contributed by atoms with Gasteiger partial charge in [0.2, 0.25) is 5.13 Å². The van der Waals surface area contributed by atoms with Crippen molar-refractivity contribution in [3.05, 3.63) is 5.82 Å². The Labute approximate surface area is 92.7 Å². The van der Waals surface area contributed by atoms with Gasteiger partial charge in [-0.15, -0.1) is 0 Å². The maximum absolute atomic E-state index is 9.41. The molecule has 15 heavy (non-hydrogen) atoms. The zero-order chi connectivity index (χ0) is 10.7. The number of aliphatic hydroxyl groups excluding tert-OH is 1. The van der Waals surface area contributed by atoms with Gasteiger partial charge < -0.3 is 15.2 Å². The molecule has 0 aromatic carbocycles. The number of hydrogen-bond donors (Lipinski definition) is 2. The predicted molar refractivity (Wildman–Crippen MR) is 58.3 cm³/mol. The van der Waals surface area contributed by atoms with Gasteiger partial charge in [-0.2, -0.15) is 4.37 Å². The van der Waals surface area contributed by atoms with Crippen molar-refractivity contribution in [2.45, 2.75) is 24.9 Å². The smallest absolute Gasteiger partial charge is 0.202 e. The van der Waals surface area contributed by atoms with E-state index in [9.17, 15) is 5.11 Å². The number of hydrogen-bond acceptors (Lipinski definition) is 6. The average Bonchev–Trinajstić information content (AvgIpc) is 2.96. The fraction of sp³-hybridized carbons (Fsp3) is 0.778. The lowest BCUT2D eigenvalue weighted by molar-refractivity contribution is 0.0727. The lowest BCUT2D eigenvalue weighted by Crippen LogP contribution is -2.24. The van der Waals surface area contributed by atoms with E-state index in [0.29, 0.717) is 19.1 Å². The summed E-state index contributed by atoms with van der Waals surface area (Å²) in [7, 11) is 1.57. The van der Waals surface area contributed by atoms with Gasteiger partial charge in [-0.25, -0.2) is 4.98 Å². The summed E-state index contributed by atoms with van der Waals surface area (Å²) >= 11 is 1.35. The summed E-state index contributed by atoms with van der Waals surface area (Å²) in [6.07, 6.45) is 1.92. The lowest BCUT2D eigenvalue weighted by Gasteiger charge is -2.08. The maximum atomic E-state index is 9.41. The van der Waals surface area contributed by atoms with Gasteiger partial charge in [0.1, 0.15) is 5.82 Å². The molecule has 1 fully saturated rings. The number of aromatic nitrogens is 2. The molecule has 84 valence electrons. The van der Waals surface area contributed by atoms with E-state index in [0.717, 1.165) is 11.0 Å². The number of anilines is 1. The highest BCUT2D eigenvalue weighted by Crippen LogP contribution is 2.39. The van der Waals surface area contributed by atoms with Crippen LogP contribution in [-0.2, 0) is 4.74 Å². The van der Waals surface area contributed by atoms with Gasteiger partial charge in [0.15, 0.2) is 0 Å². The van der Waals surface area contributed by atoms with Crippen LogP contribution in [0.4, 0.5) is 5.13 Å². The summed E-state index contributed by atoms with van der Waals surface area (Å²) < 4.78 is 9.08. The standard InChI is InChI=1S/C9H15N3O2S/c1-14-5-7(13)4-10-9-11-8(12-15-9)6-2-3-6/h6-7,13H,2-5H2,1H3,(H,10,11,12). The SMILES string of the molecule is COCC(O)CNc1nc(C2CC2)ns1. The van der Waals surface area contributed by atoms with Crippen molar-refractivity contribution >= 4 is 16.7 Å². The Morgan fingerprint density at radius 1 is 1.67 bits per heavy atom. The molecule has 1 heterocycles. The Hall–Kier alpha value is -0.720. The van der Waals surface area contributed by atoms with E-state index >= 15 is 0 Å². The minimum absolute atomic E-state index is 0.335. The Morgan fingerprint density at radius 3 is 3.13 bits per heavy atom. The van der Waals surface area contributed by atoms with Crippen molar-refractivity contribution in [1.82, 2.24) is 9.36 Å². The lowest BCUT2D eigenvalue weighted by atomic mass is 10.4. The van der Waals surface area contributed by atoms with Crippen LogP contribution >= 0.6 is 11.5 Å². The predicted octanol–water partition coefficient (Wildman–Crippen LogP) is 0.835. The van der Waals surface area contributed by atoms with Crippen LogP contribution in [0.3, 0.4) is 0 Å². The van der Waals surface area contributed by atoms with Crippen LogP contribution in [0.2, 0.25) is 0 Å². The van der Waals surface area contributed by atoms with E-state index < -0.39 is 6.10 Å². The first-order valence-electron chi connectivity index (χ1n) is 5.04. The van der Waals surface area contributed by atoms with Crippen molar-refractivity contribution in [2.75, 3.05) is 25.6 Å². The molecule has 0 aliphatic heterocycles. The molecule has 1 atom stereocenters. The molecule has 0 amide bonds. The van der Waals surface area contributed by atoms with E-state index in [2.05, 4.69) is 14.7 Å². The monoisotopic (exact) mass is 229 g/mol. The third-order valence-electron chi connectivity index (χ3n) is 2.23. The molecule has 1 aromatic heterocycles. The summed E-state index contributed by atoms with van der Waals surface area (Å²) in [5.74, 6) is 1.53. The molecule has 6 heteroatoms. The second-order valence-electron chi connectivity index (χ2n) is 3.72. The molecule has 0 radical (unpaired) electrons. The number of nitrogens with zero attached hydrogens (tertiary/aromatic N) is 2. The van der Waals surface area contributed by atoms with Crippen LogP contribution in [0.1, 0.15) is 24.6 Å². The molecule has 1 saturated carbocycles. The molecule has 1 unspecified atom stereocenters. The normalized spacial score (nSPS) is 17.7. The molecule has 0 saturated heterocycles. The van der Waals surface area contributed by atoms with Crippen LogP contribution < -0.4 is 5.32 Å². The molecule has 5 nitrogen and oxygen atoms in total. The van der Waals surface area contributed by atoms with E-state index in [4.69, 9.17) is 4.74 Å². The summed E-state index contributed by atoms with van der Waals surface area (Å²) in [6.45, 7) is 0.786. The molecule has 1 aliphatic rings. The third-order valence-corrected chi connectivity index (χ3v) is 2.92. The van der Waals surface area contributed by atoms with Crippen LogP contribution in [0, 0.1) is 0 Å². The van der Waals surface area contributed by atoms with Gasteiger partial charge >= 0.3 is 0 Å². The summed E-state index contributed by atoms with van der Waals surface area (Å²) in [4.78, 5) is 4.35. The first-order valence-corrected chi connectivity index (χ1v) is 5.81. The van der Waals surface area contributed by atoms with Gasteiger partial charge in [0, 0.05) is 31.1 Å². The molecular formula is C9H15N3O2S. The maximum Gasteiger partial charge on any atom is 0.202 e. The van der Waals surface area contributed by atoms with Gasteiger partial charge in [-0.05, 0) is 12.8 Å². The van der Waals surface area contributed by atoms with Crippen LogP contribution in [-0.4, -0.2) is 40.8 Å². The van der Waals surface area contributed by atoms with E-state index in [-0.39, 0.29) is 0 Å². The zero-order valence-corrected chi connectivity index (χ0v) is 9.46. The van der Waals surface area contributed by atoms with Crippen LogP contribution in [0.25, 0.3) is 0 Å². The highest BCUT2D eigenvalue weighted by atomic mass is 32.1. The number of nitrogens with one attached hydrogen (secondary N) is 1. The number of rotatable bonds is 6. The Balaban J connectivity index is 1.77. The highest BCUT2D eigenvalue weighted by Gasteiger charge is 2.27. The van der Waals surface area contributed by atoms with Gasteiger partial charge in [-0.1, -0.05) is 0 Å². The molecule has 0 bridgehead atoms. The van der Waals surface area contributed by atoms with Crippen molar-refractivity contribution in [3.63, 3.8) is 0 Å². The fourth-order valence-electron chi connectivity index (χ4n) is 1.27. The van der Waals surface area contributed by atoms with Gasteiger partial charge in [0.05, 0.1) is 12.7 Å². The quantitative estimate of drug-likeness (QED) is 0.756. The average molecular weight is 229 g/mol. The van der Waals surface area contributed by atoms with Gasteiger partial charge in [-0.3, -0.25) is 0 Å². The second kappa shape index (κ2) is 4.87. The first-order chi connectivity index (χ1) is 7.29. The Bertz CT molecular complexity index is 314. The molecule has 1 aromatic rings. The highest BCUT2D eigenvalue weighted by molar-refractivity contribution is 7.09. The molecule has 2 N–H and O–H groups in total. The molecular weight excluding hydrogens is 214 g/mol. The van der Waals surface area contributed by atoms with Gasteiger partial charge in [0.25, 0.3) is 0 Å². The van der Waals surface area contributed by atoms with Crippen molar-refractivity contribution in [1.29, 1.82) is 0 Å². The molecule has 1 aliphatic carbocycles. The van der Waals surface area contributed by atoms with Crippen LogP contribution in [0.15, 0.2) is 0 Å².